The number of Topliss-reactive ketones (excluding diaryl/α,β-unsaturated/α-hetero) is 1. The molecule has 0 saturated carbocycles. The van der Waals surface area contributed by atoms with Gasteiger partial charge in [-0.25, -0.2) is 0 Å². The molecule has 1 aromatic carbocycles. The van der Waals surface area contributed by atoms with Crippen LogP contribution >= 0.6 is 0 Å². The van der Waals surface area contributed by atoms with E-state index in [0.29, 0.717) is 0 Å². The van der Waals surface area contributed by atoms with E-state index in [2.05, 4.69) is 15.4 Å². The maximum atomic E-state index is 12.4. The van der Waals surface area contributed by atoms with Gasteiger partial charge in [0, 0.05) is 5.56 Å². The lowest BCUT2D eigenvalue weighted by molar-refractivity contribution is -0.137. The summed E-state index contributed by atoms with van der Waals surface area (Å²) in [6.45, 7) is 0. The average molecular weight is 270 g/mol. The first-order chi connectivity index (χ1) is 8.86. The van der Waals surface area contributed by atoms with Crippen LogP contribution in [0.1, 0.15) is 21.7 Å². The average Bonchev–Trinajstić information content (AvgIpc) is 2.74. The molecule has 0 fully saturated rings. The van der Waals surface area contributed by atoms with E-state index in [4.69, 9.17) is 0 Å². The summed E-state index contributed by atoms with van der Waals surface area (Å²) in [4.78, 5) is 13.0. The van der Waals surface area contributed by atoms with Crippen molar-refractivity contribution < 1.29 is 18.0 Å². The molecule has 2 aromatic rings. The number of aryl methyl sites for hydroxylation is 1. The van der Waals surface area contributed by atoms with Gasteiger partial charge in [-0.05, 0) is 17.3 Å². The molecule has 0 aliphatic heterocycles. The fraction of sp³-hybridized carbons (Fsp3) is 0.273. The van der Waals surface area contributed by atoms with Crippen molar-refractivity contribution in [2.45, 2.75) is 12.6 Å². The molecule has 2 rings (SSSR count). The first kappa shape index (κ1) is 13.2. The number of tetrazole rings is 1. The first-order valence-corrected chi connectivity index (χ1v) is 5.29. The number of carbonyl (C=O) groups excluding carboxylic acids is 1. The molecule has 1 aromatic heterocycles. The van der Waals surface area contributed by atoms with Gasteiger partial charge in [0.25, 0.3) is 0 Å². The Labute approximate surface area is 106 Å². The predicted octanol–water partition coefficient (Wildman–Crippen LogP) is 1.65. The number of hydrogen-bond acceptors (Lipinski definition) is 4. The van der Waals surface area contributed by atoms with E-state index >= 15 is 0 Å². The van der Waals surface area contributed by atoms with Crippen LogP contribution in [0.2, 0.25) is 0 Å². The largest absolute Gasteiger partial charge is 0.416 e. The second kappa shape index (κ2) is 4.79. The number of rotatable bonds is 3. The highest BCUT2D eigenvalue weighted by Crippen LogP contribution is 2.29. The third kappa shape index (κ3) is 3.15. The van der Waals surface area contributed by atoms with E-state index in [9.17, 15) is 18.0 Å². The van der Waals surface area contributed by atoms with Crippen LogP contribution in [0, 0.1) is 0 Å². The summed E-state index contributed by atoms with van der Waals surface area (Å²) in [7, 11) is 1.55. The zero-order chi connectivity index (χ0) is 14.0. The van der Waals surface area contributed by atoms with Gasteiger partial charge in [0.15, 0.2) is 11.6 Å². The molecule has 0 spiro atoms. The van der Waals surface area contributed by atoms with Crippen LogP contribution in [0.3, 0.4) is 0 Å². The number of nitrogens with zero attached hydrogens (tertiary/aromatic N) is 4. The van der Waals surface area contributed by atoms with Crippen molar-refractivity contribution in [2.75, 3.05) is 0 Å². The molecule has 0 atom stereocenters. The standard InChI is InChI=1S/C11H9F3N4O/c1-18-16-10(15-17-18)6-9(19)7-2-4-8(5-3-7)11(12,13)14/h2-5H,6H2,1H3. The van der Waals surface area contributed by atoms with Gasteiger partial charge in [-0.1, -0.05) is 12.1 Å². The summed E-state index contributed by atoms with van der Waals surface area (Å²) in [5, 5.41) is 11.0. The Kier molecular flexibility index (Phi) is 3.32. The Balaban J connectivity index is 2.12. The molecule has 100 valence electrons. The lowest BCUT2D eigenvalue weighted by atomic mass is 10.1. The number of ketones is 1. The number of hydrogen-bond donors (Lipinski definition) is 0. The van der Waals surface area contributed by atoms with Gasteiger partial charge < -0.3 is 0 Å². The van der Waals surface area contributed by atoms with Crippen LogP contribution in [0.5, 0.6) is 0 Å². The van der Waals surface area contributed by atoms with Gasteiger partial charge in [0.2, 0.25) is 0 Å². The molecule has 0 N–H and O–H groups in total. The zero-order valence-corrected chi connectivity index (χ0v) is 9.85. The molecule has 0 aliphatic carbocycles. The molecule has 0 unspecified atom stereocenters. The van der Waals surface area contributed by atoms with E-state index in [1.165, 1.54) is 4.80 Å². The molecule has 0 aliphatic rings. The van der Waals surface area contributed by atoms with Gasteiger partial charge in [-0.3, -0.25) is 4.79 Å². The van der Waals surface area contributed by atoms with Crippen LogP contribution in [0.25, 0.3) is 0 Å². The molecule has 8 heteroatoms. The van der Waals surface area contributed by atoms with E-state index in [1.54, 1.807) is 7.05 Å². The molecule has 1 heterocycles. The van der Waals surface area contributed by atoms with Crippen molar-refractivity contribution in [1.82, 2.24) is 20.2 Å². The summed E-state index contributed by atoms with van der Waals surface area (Å²) in [6.07, 6.45) is -4.51. The molecule has 5 nitrogen and oxygen atoms in total. The quantitative estimate of drug-likeness (QED) is 0.796. The number of benzene rings is 1. The summed E-state index contributed by atoms with van der Waals surface area (Å²) >= 11 is 0. The van der Waals surface area contributed by atoms with Gasteiger partial charge in [0.05, 0.1) is 19.0 Å². The third-order valence-electron chi connectivity index (χ3n) is 2.40. The van der Waals surface area contributed by atoms with Gasteiger partial charge in [-0.15, -0.1) is 10.2 Å². The third-order valence-corrected chi connectivity index (χ3v) is 2.40. The Hall–Kier alpha value is -2.25. The highest BCUT2D eigenvalue weighted by atomic mass is 19.4. The van der Waals surface area contributed by atoms with Crippen molar-refractivity contribution >= 4 is 5.78 Å². The highest BCUT2D eigenvalue weighted by Gasteiger charge is 2.30. The molecule has 0 radical (unpaired) electrons. The SMILES string of the molecule is Cn1nnc(CC(=O)c2ccc(C(F)(F)F)cc2)n1. The number of halogens is 3. The zero-order valence-electron chi connectivity index (χ0n) is 9.85. The first-order valence-electron chi connectivity index (χ1n) is 5.29. The molecule has 0 saturated heterocycles. The maximum Gasteiger partial charge on any atom is 0.416 e. The second-order valence-corrected chi connectivity index (χ2v) is 3.87. The smallest absolute Gasteiger partial charge is 0.294 e. The van der Waals surface area contributed by atoms with Crippen LogP contribution in [0.4, 0.5) is 13.2 Å². The second-order valence-electron chi connectivity index (χ2n) is 3.87. The van der Waals surface area contributed by atoms with E-state index in [1.807, 2.05) is 0 Å². The van der Waals surface area contributed by atoms with E-state index in [-0.39, 0.29) is 23.6 Å². The molecular weight excluding hydrogens is 261 g/mol. The minimum atomic E-state index is -4.41. The summed E-state index contributed by atoms with van der Waals surface area (Å²) in [6, 6.07) is 4.03. The fourth-order valence-electron chi connectivity index (χ4n) is 1.48. The van der Waals surface area contributed by atoms with Gasteiger partial charge in [0.1, 0.15) is 0 Å². The minimum absolute atomic E-state index is 0.0980. The number of carbonyl (C=O) groups is 1. The molecule has 19 heavy (non-hydrogen) atoms. The van der Waals surface area contributed by atoms with Crippen molar-refractivity contribution in [3.8, 4) is 0 Å². The predicted molar refractivity (Wildman–Crippen MR) is 58.3 cm³/mol. The van der Waals surface area contributed by atoms with Crippen molar-refractivity contribution in [1.29, 1.82) is 0 Å². The van der Waals surface area contributed by atoms with Crippen LogP contribution in [-0.2, 0) is 19.6 Å². The Morgan fingerprint density at radius 1 is 1.26 bits per heavy atom. The lowest BCUT2D eigenvalue weighted by Gasteiger charge is -2.06. The number of alkyl halides is 3. The molecule has 0 bridgehead atoms. The summed E-state index contributed by atoms with van der Waals surface area (Å²) in [5.41, 5.74) is -0.609. The fourth-order valence-corrected chi connectivity index (χ4v) is 1.48. The Bertz CT molecular complexity index is 589. The van der Waals surface area contributed by atoms with Gasteiger partial charge in [-0.2, -0.15) is 18.0 Å². The topological polar surface area (TPSA) is 60.7 Å². The van der Waals surface area contributed by atoms with Crippen LogP contribution in [-0.4, -0.2) is 26.0 Å². The van der Waals surface area contributed by atoms with Crippen LogP contribution < -0.4 is 0 Å². The van der Waals surface area contributed by atoms with Crippen molar-refractivity contribution in [3.05, 3.63) is 41.2 Å². The van der Waals surface area contributed by atoms with Crippen molar-refractivity contribution in [2.24, 2.45) is 7.05 Å². The normalized spacial score (nSPS) is 11.6. The van der Waals surface area contributed by atoms with Crippen molar-refractivity contribution in [3.63, 3.8) is 0 Å². The van der Waals surface area contributed by atoms with Gasteiger partial charge >= 0.3 is 6.18 Å². The summed E-state index contributed by atoms with van der Waals surface area (Å²) in [5.74, 6) is -0.130. The monoisotopic (exact) mass is 270 g/mol. The highest BCUT2D eigenvalue weighted by molar-refractivity contribution is 5.97. The molecular formula is C11H9F3N4O. The molecule has 0 amide bonds. The number of aromatic nitrogens is 4. The van der Waals surface area contributed by atoms with E-state index in [0.717, 1.165) is 24.3 Å². The minimum Gasteiger partial charge on any atom is -0.294 e. The maximum absolute atomic E-state index is 12.4. The summed E-state index contributed by atoms with van der Waals surface area (Å²) < 4.78 is 37.1. The Morgan fingerprint density at radius 3 is 2.37 bits per heavy atom. The Morgan fingerprint density at radius 2 is 1.89 bits per heavy atom. The lowest BCUT2D eigenvalue weighted by Crippen LogP contribution is -2.08. The van der Waals surface area contributed by atoms with E-state index < -0.39 is 11.7 Å². The van der Waals surface area contributed by atoms with Crippen LogP contribution in [0.15, 0.2) is 24.3 Å².